The van der Waals surface area contributed by atoms with Gasteiger partial charge in [0.05, 0.1) is 15.8 Å². The zero-order valence-electron chi connectivity index (χ0n) is 9.22. The fourth-order valence-corrected chi connectivity index (χ4v) is 3.29. The van der Waals surface area contributed by atoms with Crippen molar-refractivity contribution in [3.05, 3.63) is 40.9 Å². The van der Waals surface area contributed by atoms with Crippen LogP contribution in [0.2, 0.25) is 0 Å². The number of nitrogens with zero attached hydrogens (tertiary/aromatic N) is 1. The Labute approximate surface area is 116 Å². The molecule has 0 aliphatic rings. The number of nitrogen functional groups attached to an aromatic ring is 1. The number of hydrogen-bond donors (Lipinski definition) is 2. The lowest BCUT2D eigenvalue weighted by atomic mass is 10.2. The summed E-state index contributed by atoms with van der Waals surface area (Å²) in [5.74, 6) is 0.160. The highest BCUT2D eigenvalue weighted by atomic mass is 79.9. The lowest BCUT2D eigenvalue weighted by Gasteiger charge is -2.01. The van der Waals surface area contributed by atoms with Gasteiger partial charge < -0.3 is 10.8 Å². The van der Waals surface area contributed by atoms with E-state index in [1.165, 1.54) is 6.07 Å². The van der Waals surface area contributed by atoms with Crippen LogP contribution in [0, 0.1) is 0 Å². The maximum absolute atomic E-state index is 9.90. The second-order valence-corrected chi connectivity index (χ2v) is 5.85. The summed E-state index contributed by atoms with van der Waals surface area (Å²) in [5, 5.41) is 10.7. The number of benzene rings is 2. The molecule has 0 spiro atoms. The molecule has 0 aliphatic heterocycles. The first-order valence-electron chi connectivity index (χ1n) is 5.28. The summed E-state index contributed by atoms with van der Waals surface area (Å²) >= 11 is 4.98. The van der Waals surface area contributed by atoms with Gasteiger partial charge in [-0.15, -0.1) is 11.3 Å². The number of nitrogens with two attached hydrogens (primary N) is 1. The Hall–Kier alpha value is -1.59. The molecule has 3 aromatic rings. The van der Waals surface area contributed by atoms with Crippen LogP contribution in [0.25, 0.3) is 20.8 Å². The number of fused-ring (bicyclic) bond motifs is 1. The first-order chi connectivity index (χ1) is 8.63. The molecule has 0 amide bonds. The summed E-state index contributed by atoms with van der Waals surface area (Å²) in [6, 6.07) is 11.0. The average molecular weight is 321 g/mol. The predicted octanol–water partition coefficient (Wildman–Crippen LogP) is 4.01. The number of thiazole rings is 1. The molecule has 0 radical (unpaired) electrons. The van der Waals surface area contributed by atoms with Gasteiger partial charge in [0, 0.05) is 16.2 Å². The van der Waals surface area contributed by atoms with Crippen molar-refractivity contribution in [2.45, 2.75) is 0 Å². The summed E-state index contributed by atoms with van der Waals surface area (Å²) in [6.07, 6.45) is 0. The number of halogens is 1. The minimum atomic E-state index is 0.160. The van der Waals surface area contributed by atoms with Crippen LogP contribution in [-0.2, 0) is 0 Å². The van der Waals surface area contributed by atoms with E-state index < -0.39 is 0 Å². The predicted molar refractivity (Wildman–Crippen MR) is 78.8 cm³/mol. The summed E-state index contributed by atoms with van der Waals surface area (Å²) in [5.41, 5.74) is 7.79. The number of aromatic hydroxyl groups is 1. The fourth-order valence-electron chi connectivity index (χ4n) is 1.74. The molecule has 90 valence electrons. The number of aromatic nitrogens is 1. The van der Waals surface area contributed by atoms with Crippen LogP contribution in [0.15, 0.2) is 40.9 Å². The van der Waals surface area contributed by atoms with Crippen LogP contribution in [0.3, 0.4) is 0 Å². The Balaban J connectivity index is 2.19. The molecule has 1 aromatic heterocycles. The normalized spacial score (nSPS) is 10.9. The summed E-state index contributed by atoms with van der Waals surface area (Å²) in [6.45, 7) is 0. The van der Waals surface area contributed by atoms with Gasteiger partial charge in [0.1, 0.15) is 10.8 Å². The number of hydrogen-bond acceptors (Lipinski definition) is 4. The minimum Gasteiger partial charge on any atom is -0.507 e. The standard InChI is InChI=1S/C13H9BrN2OS/c14-7-1-4-10-12(5-7)18-13(16-10)9-3-2-8(15)6-11(9)17/h1-6,17H,15H2. The maximum Gasteiger partial charge on any atom is 0.128 e. The Kier molecular flexibility index (Phi) is 2.72. The Morgan fingerprint density at radius 3 is 2.78 bits per heavy atom. The van der Waals surface area contributed by atoms with Crippen molar-refractivity contribution < 1.29 is 5.11 Å². The second kappa shape index (κ2) is 4.26. The fraction of sp³-hybridized carbons (Fsp3) is 0. The van der Waals surface area contributed by atoms with Gasteiger partial charge in [0.2, 0.25) is 0 Å². The van der Waals surface area contributed by atoms with Crippen molar-refractivity contribution in [1.29, 1.82) is 0 Å². The van der Waals surface area contributed by atoms with Gasteiger partial charge in [-0.25, -0.2) is 4.98 Å². The van der Waals surface area contributed by atoms with Crippen LogP contribution >= 0.6 is 27.3 Å². The van der Waals surface area contributed by atoms with E-state index in [0.717, 1.165) is 19.7 Å². The van der Waals surface area contributed by atoms with Crippen molar-refractivity contribution in [3.63, 3.8) is 0 Å². The number of phenols is 1. The summed E-state index contributed by atoms with van der Waals surface area (Å²) < 4.78 is 2.10. The van der Waals surface area contributed by atoms with Crippen molar-refractivity contribution in [3.8, 4) is 16.3 Å². The van der Waals surface area contributed by atoms with Crippen LogP contribution in [-0.4, -0.2) is 10.1 Å². The quantitative estimate of drug-likeness (QED) is 0.666. The number of rotatable bonds is 1. The molecule has 0 aliphatic carbocycles. The van der Waals surface area contributed by atoms with Crippen LogP contribution in [0.1, 0.15) is 0 Å². The Morgan fingerprint density at radius 1 is 1.17 bits per heavy atom. The molecule has 3 N–H and O–H groups in total. The molecule has 0 bridgehead atoms. The van der Waals surface area contributed by atoms with Gasteiger partial charge in [-0.05, 0) is 30.3 Å². The molecular weight excluding hydrogens is 312 g/mol. The molecule has 0 atom stereocenters. The zero-order chi connectivity index (χ0) is 12.7. The van der Waals surface area contributed by atoms with Crippen LogP contribution < -0.4 is 5.73 Å². The van der Waals surface area contributed by atoms with Gasteiger partial charge in [-0.1, -0.05) is 15.9 Å². The molecule has 0 saturated carbocycles. The Morgan fingerprint density at radius 2 is 2.00 bits per heavy atom. The molecule has 3 rings (SSSR count). The lowest BCUT2D eigenvalue weighted by molar-refractivity contribution is 0.477. The van der Waals surface area contributed by atoms with Gasteiger partial charge in [0.25, 0.3) is 0 Å². The van der Waals surface area contributed by atoms with Gasteiger partial charge in [-0.2, -0.15) is 0 Å². The van der Waals surface area contributed by atoms with E-state index in [2.05, 4.69) is 20.9 Å². The van der Waals surface area contributed by atoms with Crippen molar-refractivity contribution in [1.82, 2.24) is 4.98 Å². The van der Waals surface area contributed by atoms with Crippen LogP contribution in [0.5, 0.6) is 5.75 Å². The molecule has 0 fully saturated rings. The van der Waals surface area contributed by atoms with Gasteiger partial charge >= 0.3 is 0 Å². The van der Waals surface area contributed by atoms with E-state index in [0.29, 0.717) is 11.3 Å². The molecule has 18 heavy (non-hydrogen) atoms. The molecule has 1 heterocycles. The topological polar surface area (TPSA) is 59.1 Å². The minimum absolute atomic E-state index is 0.160. The van der Waals surface area contributed by atoms with Crippen molar-refractivity contribution in [2.75, 3.05) is 5.73 Å². The monoisotopic (exact) mass is 320 g/mol. The maximum atomic E-state index is 9.90. The van der Waals surface area contributed by atoms with Gasteiger partial charge in [-0.3, -0.25) is 0 Å². The third-order valence-corrected chi connectivity index (χ3v) is 4.15. The van der Waals surface area contributed by atoms with Gasteiger partial charge in [0.15, 0.2) is 0 Å². The molecule has 3 nitrogen and oxygen atoms in total. The highest BCUT2D eigenvalue weighted by molar-refractivity contribution is 9.10. The first kappa shape index (κ1) is 11.5. The van der Waals surface area contributed by atoms with Crippen molar-refractivity contribution >= 4 is 43.2 Å². The zero-order valence-corrected chi connectivity index (χ0v) is 11.6. The first-order valence-corrected chi connectivity index (χ1v) is 6.89. The van der Waals surface area contributed by atoms with E-state index in [4.69, 9.17) is 5.73 Å². The van der Waals surface area contributed by atoms with E-state index in [1.807, 2.05) is 18.2 Å². The van der Waals surface area contributed by atoms with E-state index in [9.17, 15) is 5.11 Å². The molecule has 2 aromatic carbocycles. The van der Waals surface area contributed by atoms with Crippen LogP contribution in [0.4, 0.5) is 5.69 Å². The smallest absolute Gasteiger partial charge is 0.128 e. The second-order valence-electron chi connectivity index (χ2n) is 3.91. The van der Waals surface area contributed by atoms with E-state index >= 15 is 0 Å². The molecule has 5 heteroatoms. The highest BCUT2D eigenvalue weighted by Crippen LogP contribution is 2.36. The van der Waals surface area contributed by atoms with E-state index in [1.54, 1.807) is 23.5 Å². The molecule has 0 unspecified atom stereocenters. The average Bonchev–Trinajstić information content (AvgIpc) is 2.71. The largest absolute Gasteiger partial charge is 0.507 e. The lowest BCUT2D eigenvalue weighted by Crippen LogP contribution is -1.84. The summed E-state index contributed by atoms with van der Waals surface area (Å²) in [4.78, 5) is 4.51. The van der Waals surface area contributed by atoms with E-state index in [-0.39, 0.29) is 5.75 Å². The Bertz CT molecular complexity index is 739. The number of phenolic OH excluding ortho intramolecular Hbond substituents is 1. The SMILES string of the molecule is Nc1ccc(-c2nc3ccc(Br)cc3s2)c(O)c1. The number of anilines is 1. The molecule has 0 saturated heterocycles. The third-order valence-electron chi connectivity index (χ3n) is 2.60. The molecular formula is C13H9BrN2OS. The van der Waals surface area contributed by atoms with Crippen molar-refractivity contribution in [2.24, 2.45) is 0 Å². The third kappa shape index (κ3) is 1.95. The highest BCUT2D eigenvalue weighted by Gasteiger charge is 2.10. The summed E-state index contributed by atoms with van der Waals surface area (Å²) in [7, 11) is 0.